The van der Waals surface area contributed by atoms with Crippen molar-refractivity contribution in [3.63, 3.8) is 0 Å². The lowest BCUT2D eigenvalue weighted by molar-refractivity contribution is -0.118. The first-order valence-electron chi connectivity index (χ1n) is 7.74. The van der Waals surface area contributed by atoms with E-state index in [1.807, 2.05) is 49.1 Å². The fourth-order valence-electron chi connectivity index (χ4n) is 2.86. The average molecular weight is 308 g/mol. The molecule has 0 atom stereocenters. The molecule has 0 spiro atoms. The van der Waals surface area contributed by atoms with Crippen molar-refractivity contribution in [2.75, 3.05) is 11.9 Å². The molecule has 0 radical (unpaired) electrons. The molecule has 0 aliphatic carbocycles. The molecular formula is C18H20N4O. The average Bonchev–Trinajstić information content (AvgIpc) is 3.27. The van der Waals surface area contributed by atoms with Gasteiger partial charge >= 0.3 is 0 Å². The summed E-state index contributed by atoms with van der Waals surface area (Å²) < 4.78 is 2.04. The molecule has 0 fully saturated rings. The maximum Gasteiger partial charge on any atom is 0.226 e. The Kier molecular flexibility index (Phi) is 3.91. The van der Waals surface area contributed by atoms with Crippen molar-refractivity contribution >= 4 is 22.5 Å². The zero-order valence-electron chi connectivity index (χ0n) is 13.5. The quantitative estimate of drug-likeness (QED) is 0.754. The third-order valence-electron chi connectivity index (χ3n) is 4.40. The van der Waals surface area contributed by atoms with Crippen molar-refractivity contribution in [2.24, 2.45) is 17.3 Å². The van der Waals surface area contributed by atoms with E-state index in [-0.39, 0.29) is 5.91 Å². The van der Waals surface area contributed by atoms with E-state index in [9.17, 15) is 4.79 Å². The van der Waals surface area contributed by atoms with Crippen molar-refractivity contribution in [1.29, 1.82) is 0 Å². The molecule has 1 aliphatic rings. The van der Waals surface area contributed by atoms with Gasteiger partial charge in [0.15, 0.2) is 5.66 Å². The van der Waals surface area contributed by atoms with Crippen LogP contribution in [0.4, 0.5) is 5.69 Å². The minimum Gasteiger partial charge on any atom is -0.348 e. The lowest BCUT2D eigenvalue weighted by Gasteiger charge is -2.17. The highest BCUT2D eigenvalue weighted by molar-refractivity contribution is 6.03. The second-order valence-electron chi connectivity index (χ2n) is 5.98. The predicted molar refractivity (Wildman–Crippen MR) is 91.2 cm³/mol. The molecule has 118 valence electrons. The van der Waals surface area contributed by atoms with Gasteiger partial charge in [-0.15, -0.1) is 12.3 Å². The van der Waals surface area contributed by atoms with Crippen LogP contribution in [0.5, 0.6) is 0 Å². The van der Waals surface area contributed by atoms with Crippen LogP contribution in [0.2, 0.25) is 0 Å². The SMILES string of the molecule is C#CCCC1(CCC(=O)N(C)c2cn(C)c3ccccc23)N=N1. The summed E-state index contributed by atoms with van der Waals surface area (Å²) in [5.74, 6) is 2.67. The van der Waals surface area contributed by atoms with Crippen molar-refractivity contribution in [1.82, 2.24) is 4.57 Å². The second-order valence-corrected chi connectivity index (χ2v) is 5.98. The maximum absolute atomic E-state index is 12.5. The van der Waals surface area contributed by atoms with Gasteiger partial charge in [0.25, 0.3) is 0 Å². The summed E-state index contributed by atoms with van der Waals surface area (Å²) >= 11 is 0. The van der Waals surface area contributed by atoms with Crippen LogP contribution < -0.4 is 4.90 Å². The Morgan fingerprint density at radius 1 is 1.35 bits per heavy atom. The van der Waals surface area contributed by atoms with Crippen LogP contribution in [0, 0.1) is 12.3 Å². The number of anilines is 1. The first kappa shape index (κ1) is 15.3. The predicted octanol–water partition coefficient (Wildman–Crippen LogP) is 3.50. The minimum absolute atomic E-state index is 0.0683. The maximum atomic E-state index is 12.5. The number of benzene rings is 1. The van der Waals surface area contributed by atoms with Crippen LogP contribution >= 0.6 is 0 Å². The molecule has 1 aromatic heterocycles. The number of carbonyl (C=O) groups excluding carboxylic acids is 1. The number of amides is 1. The van der Waals surface area contributed by atoms with Gasteiger partial charge in [-0.25, -0.2) is 0 Å². The largest absolute Gasteiger partial charge is 0.348 e. The number of hydrogen-bond acceptors (Lipinski definition) is 3. The fraction of sp³-hybridized carbons (Fsp3) is 0.389. The lowest BCUT2D eigenvalue weighted by atomic mass is 10.0. The molecule has 1 aliphatic heterocycles. The number of hydrogen-bond donors (Lipinski definition) is 0. The first-order chi connectivity index (χ1) is 11.1. The highest BCUT2D eigenvalue weighted by atomic mass is 16.2. The summed E-state index contributed by atoms with van der Waals surface area (Å²) in [5.41, 5.74) is 1.64. The van der Waals surface area contributed by atoms with Crippen LogP contribution in [0.1, 0.15) is 25.7 Å². The standard InChI is InChI=1S/C18H20N4O/c1-4-5-11-18(19-20-18)12-10-17(23)22(3)16-13-21(2)15-9-7-6-8-14(15)16/h1,6-9,13H,5,10-12H2,2-3H3. The number of rotatable bonds is 6. The van der Waals surface area contributed by atoms with Crippen molar-refractivity contribution in [2.45, 2.75) is 31.3 Å². The van der Waals surface area contributed by atoms with Gasteiger partial charge in [-0.05, 0) is 6.07 Å². The molecule has 0 N–H and O–H groups in total. The number of nitrogens with zero attached hydrogens (tertiary/aromatic N) is 4. The summed E-state index contributed by atoms with van der Waals surface area (Å²) in [6.07, 6.45) is 9.69. The summed E-state index contributed by atoms with van der Waals surface area (Å²) in [7, 11) is 3.81. The Morgan fingerprint density at radius 3 is 2.78 bits per heavy atom. The van der Waals surface area contributed by atoms with Crippen LogP contribution in [-0.2, 0) is 11.8 Å². The van der Waals surface area contributed by atoms with Gasteiger partial charge in [-0.3, -0.25) is 4.79 Å². The smallest absolute Gasteiger partial charge is 0.226 e. The van der Waals surface area contributed by atoms with E-state index in [4.69, 9.17) is 6.42 Å². The van der Waals surface area contributed by atoms with Crippen molar-refractivity contribution in [3.05, 3.63) is 30.5 Å². The van der Waals surface area contributed by atoms with E-state index in [0.29, 0.717) is 19.3 Å². The van der Waals surface area contributed by atoms with Gasteiger partial charge in [0.1, 0.15) is 0 Å². The molecule has 5 nitrogen and oxygen atoms in total. The van der Waals surface area contributed by atoms with Crippen LogP contribution in [0.3, 0.4) is 0 Å². The van der Waals surface area contributed by atoms with Gasteiger partial charge in [0, 0.05) is 56.9 Å². The fourth-order valence-corrected chi connectivity index (χ4v) is 2.86. The highest BCUT2D eigenvalue weighted by Gasteiger charge is 2.39. The Balaban J connectivity index is 1.69. The monoisotopic (exact) mass is 308 g/mol. The van der Waals surface area contributed by atoms with E-state index in [0.717, 1.165) is 23.0 Å². The zero-order valence-corrected chi connectivity index (χ0v) is 13.5. The molecule has 0 unspecified atom stereocenters. The molecule has 1 amide bonds. The van der Waals surface area contributed by atoms with Crippen LogP contribution in [0.15, 0.2) is 40.7 Å². The van der Waals surface area contributed by atoms with E-state index in [1.165, 1.54) is 0 Å². The Morgan fingerprint density at radius 2 is 2.09 bits per heavy atom. The molecular weight excluding hydrogens is 288 g/mol. The molecule has 2 heterocycles. The van der Waals surface area contributed by atoms with Gasteiger partial charge in [-0.1, -0.05) is 18.2 Å². The number of terminal acetylenes is 1. The number of aryl methyl sites for hydroxylation is 1. The van der Waals surface area contributed by atoms with Crippen molar-refractivity contribution < 1.29 is 4.79 Å². The van der Waals surface area contributed by atoms with E-state index in [2.05, 4.69) is 16.1 Å². The van der Waals surface area contributed by atoms with E-state index >= 15 is 0 Å². The number of para-hydroxylation sites is 1. The summed E-state index contributed by atoms with van der Waals surface area (Å²) in [6, 6.07) is 8.07. The Hall–Kier alpha value is -2.61. The van der Waals surface area contributed by atoms with Gasteiger partial charge < -0.3 is 9.47 Å². The van der Waals surface area contributed by atoms with E-state index < -0.39 is 5.66 Å². The minimum atomic E-state index is -0.401. The topological polar surface area (TPSA) is 50.0 Å². The molecule has 0 saturated carbocycles. The second kappa shape index (κ2) is 5.88. The molecule has 1 aromatic carbocycles. The van der Waals surface area contributed by atoms with Gasteiger partial charge in [0.2, 0.25) is 5.91 Å². The lowest BCUT2D eigenvalue weighted by Crippen LogP contribution is -2.27. The van der Waals surface area contributed by atoms with Gasteiger partial charge in [0.05, 0.1) is 5.69 Å². The Labute approximate surface area is 136 Å². The number of fused-ring (bicyclic) bond motifs is 1. The molecule has 5 heteroatoms. The van der Waals surface area contributed by atoms with Crippen LogP contribution in [-0.4, -0.2) is 23.2 Å². The molecule has 2 aromatic rings. The normalized spacial score (nSPS) is 14.7. The Bertz CT molecular complexity index is 806. The highest BCUT2D eigenvalue weighted by Crippen LogP contribution is 2.38. The molecule has 0 saturated heterocycles. The third kappa shape index (κ3) is 2.98. The first-order valence-corrected chi connectivity index (χ1v) is 7.74. The summed E-state index contributed by atoms with van der Waals surface area (Å²) in [6.45, 7) is 0. The molecule has 0 bridgehead atoms. The third-order valence-corrected chi connectivity index (χ3v) is 4.40. The number of aromatic nitrogens is 1. The van der Waals surface area contributed by atoms with E-state index in [1.54, 1.807) is 4.90 Å². The summed E-state index contributed by atoms with van der Waals surface area (Å²) in [4.78, 5) is 14.3. The van der Waals surface area contributed by atoms with Crippen LogP contribution in [0.25, 0.3) is 10.9 Å². The molecule has 23 heavy (non-hydrogen) atoms. The number of carbonyl (C=O) groups is 1. The molecule has 3 rings (SSSR count). The van der Waals surface area contributed by atoms with Gasteiger partial charge in [-0.2, -0.15) is 10.2 Å². The zero-order chi connectivity index (χ0) is 16.4. The summed E-state index contributed by atoms with van der Waals surface area (Å²) in [5, 5.41) is 9.25. The van der Waals surface area contributed by atoms with Crippen molar-refractivity contribution in [3.8, 4) is 12.3 Å².